The van der Waals surface area contributed by atoms with Gasteiger partial charge in [0, 0.05) is 11.1 Å². The zero-order chi connectivity index (χ0) is 15.8. The number of hydrogen-bond donors (Lipinski definition) is 0. The van der Waals surface area contributed by atoms with Gasteiger partial charge < -0.3 is 0 Å². The van der Waals surface area contributed by atoms with E-state index in [9.17, 15) is 4.39 Å². The second-order valence-corrected chi connectivity index (χ2v) is 4.87. The lowest BCUT2D eigenvalue weighted by Crippen LogP contribution is -1.85. The summed E-state index contributed by atoms with van der Waals surface area (Å²) in [5, 5.41) is 8.69. The minimum Gasteiger partial charge on any atom is -0.206 e. The molecule has 0 amide bonds. The maximum absolute atomic E-state index is 13.5. The van der Waals surface area contributed by atoms with Crippen molar-refractivity contribution in [3.8, 4) is 17.9 Å². The van der Waals surface area contributed by atoms with E-state index < -0.39 is 5.82 Å². The molecule has 0 heterocycles. The molecule has 2 aromatic rings. The molecule has 0 bridgehead atoms. The molecule has 2 aromatic carbocycles. The molecule has 1 nitrogen and oxygen atoms in total. The van der Waals surface area contributed by atoms with E-state index in [4.69, 9.17) is 5.26 Å². The number of unbranched alkanes of at least 4 members (excludes halogenated alkanes) is 1. The lowest BCUT2D eigenvalue weighted by atomic mass is 10.1. The van der Waals surface area contributed by atoms with Gasteiger partial charge in [0.1, 0.15) is 11.9 Å². The standard InChI is InChI=1S/C20H16FN/c1-2-3-4-5-16-6-8-17(9-7-16)10-11-18-12-13-19(15-22)20(21)14-18/h4-9,12-14H,2-3H2,1H3/b5-4+. The SMILES string of the molecule is CCC/C=C/c1ccc(C#Cc2ccc(C#N)c(F)c2)cc1. The van der Waals surface area contributed by atoms with Gasteiger partial charge in [-0.3, -0.25) is 0 Å². The Labute approximate surface area is 130 Å². The van der Waals surface area contributed by atoms with Crippen LogP contribution in [0.3, 0.4) is 0 Å². The number of nitriles is 1. The van der Waals surface area contributed by atoms with Crippen LogP contribution in [-0.4, -0.2) is 0 Å². The van der Waals surface area contributed by atoms with Crippen LogP contribution >= 0.6 is 0 Å². The first kappa shape index (κ1) is 15.5. The number of allylic oxidation sites excluding steroid dienone is 1. The molecule has 2 heteroatoms. The topological polar surface area (TPSA) is 23.8 Å². The van der Waals surface area contributed by atoms with Gasteiger partial charge in [0.25, 0.3) is 0 Å². The van der Waals surface area contributed by atoms with E-state index in [-0.39, 0.29) is 5.56 Å². The number of benzene rings is 2. The Morgan fingerprint density at radius 2 is 1.73 bits per heavy atom. The highest BCUT2D eigenvalue weighted by Crippen LogP contribution is 2.10. The molecular formula is C20H16FN. The first-order valence-corrected chi connectivity index (χ1v) is 7.21. The molecule has 2 rings (SSSR count). The van der Waals surface area contributed by atoms with Crippen LogP contribution in [0.2, 0.25) is 0 Å². The third kappa shape index (κ3) is 4.33. The van der Waals surface area contributed by atoms with Crippen molar-refractivity contribution >= 4 is 6.08 Å². The highest BCUT2D eigenvalue weighted by molar-refractivity contribution is 5.52. The van der Waals surface area contributed by atoms with Crippen molar-refractivity contribution in [1.82, 2.24) is 0 Å². The smallest absolute Gasteiger partial charge is 0.142 e. The molecule has 0 saturated heterocycles. The van der Waals surface area contributed by atoms with E-state index in [1.165, 1.54) is 12.1 Å². The Morgan fingerprint density at radius 3 is 2.36 bits per heavy atom. The predicted molar refractivity (Wildman–Crippen MR) is 87.5 cm³/mol. The van der Waals surface area contributed by atoms with E-state index in [0.717, 1.165) is 24.0 Å². The van der Waals surface area contributed by atoms with Gasteiger partial charge in [0.2, 0.25) is 0 Å². The monoisotopic (exact) mass is 289 g/mol. The van der Waals surface area contributed by atoms with Crippen LogP contribution in [0.25, 0.3) is 6.08 Å². The zero-order valence-corrected chi connectivity index (χ0v) is 12.4. The Morgan fingerprint density at radius 1 is 1.05 bits per heavy atom. The van der Waals surface area contributed by atoms with Crippen LogP contribution in [0.15, 0.2) is 48.5 Å². The zero-order valence-electron chi connectivity index (χ0n) is 12.4. The number of rotatable bonds is 3. The largest absolute Gasteiger partial charge is 0.206 e. The summed E-state index contributed by atoms with van der Waals surface area (Å²) in [4.78, 5) is 0. The van der Waals surface area contributed by atoms with Crippen LogP contribution in [0.4, 0.5) is 4.39 Å². The predicted octanol–water partition coefficient (Wildman–Crippen LogP) is 4.91. The molecule has 0 fully saturated rings. The number of halogens is 1. The average Bonchev–Trinajstić information content (AvgIpc) is 2.54. The second kappa shape index (κ2) is 7.81. The van der Waals surface area contributed by atoms with Crippen LogP contribution < -0.4 is 0 Å². The van der Waals surface area contributed by atoms with Crippen molar-refractivity contribution in [3.63, 3.8) is 0 Å². The molecule has 0 unspecified atom stereocenters. The van der Waals surface area contributed by atoms with E-state index in [1.54, 1.807) is 12.1 Å². The highest BCUT2D eigenvalue weighted by atomic mass is 19.1. The summed E-state index contributed by atoms with van der Waals surface area (Å²) >= 11 is 0. The molecule has 0 aliphatic heterocycles. The van der Waals surface area contributed by atoms with Gasteiger partial charge in [-0.2, -0.15) is 5.26 Å². The van der Waals surface area contributed by atoms with Gasteiger partial charge in [0.05, 0.1) is 5.56 Å². The van der Waals surface area contributed by atoms with E-state index in [0.29, 0.717) is 5.56 Å². The van der Waals surface area contributed by atoms with Crippen molar-refractivity contribution in [2.45, 2.75) is 19.8 Å². The molecule has 0 spiro atoms. The van der Waals surface area contributed by atoms with Gasteiger partial charge in [-0.15, -0.1) is 0 Å². The van der Waals surface area contributed by atoms with Crippen LogP contribution in [0, 0.1) is 29.0 Å². The van der Waals surface area contributed by atoms with Gasteiger partial charge >= 0.3 is 0 Å². The number of hydrogen-bond acceptors (Lipinski definition) is 1. The summed E-state index contributed by atoms with van der Waals surface area (Å²) in [6.45, 7) is 2.15. The van der Waals surface area contributed by atoms with Crippen LogP contribution in [0.1, 0.15) is 42.0 Å². The average molecular weight is 289 g/mol. The first-order valence-electron chi connectivity index (χ1n) is 7.21. The Balaban J connectivity index is 2.12. The molecule has 0 saturated carbocycles. The fraction of sp³-hybridized carbons (Fsp3) is 0.150. The first-order chi connectivity index (χ1) is 10.7. The molecule has 22 heavy (non-hydrogen) atoms. The molecule has 0 aliphatic carbocycles. The van der Waals surface area contributed by atoms with Crippen molar-refractivity contribution in [3.05, 3.63) is 76.6 Å². The molecule has 0 aliphatic rings. The quantitative estimate of drug-likeness (QED) is 0.736. The lowest BCUT2D eigenvalue weighted by molar-refractivity contribution is 0.623. The second-order valence-electron chi connectivity index (χ2n) is 4.87. The molecule has 108 valence electrons. The van der Waals surface area contributed by atoms with E-state index >= 15 is 0 Å². The molecule has 0 aromatic heterocycles. The van der Waals surface area contributed by atoms with Gasteiger partial charge in [-0.05, 0) is 42.3 Å². The molecule has 0 radical (unpaired) electrons. The van der Waals surface area contributed by atoms with Crippen molar-refractivity contribution < 1.29 is 4.39 Å². The number of nitrogens with zero attached hydrogens (tertiary/aromatic N) is 1. The fourth-order valence-electron chi connectivity index (χ4n) is 1.89. The normalized spacial score (nSPS) is 10.0. The van der Waals surface area contributed by atoms with Crippen molar-refractivity contribution in [2.24, 2.45) is 0 Å². The summed E-state index contributed by atoms with van der Waals surface area (Å²) in [7, 11) is 0. The molecule has 0 atom stereocenters. The van der Waals surface area contributed by atoms with Crippen LogP contribution in [0.5, 0.6) is 0 Å². The fourth-order valence-corrected chi connectivity index (χ4v) is 1.89. The lowest BCUT2D eigenvalue weighted by Gasteiger charge is -1.95. The van der Waals surface area contributed by atoms with Crippen molar-refractivity contribution in [2.75, 3.05) is 0 Å². The van der Waals surface area contributed by atoms with Gasteiger partial charge in [-0.25, -0.2) is 4.39 Å². The van der Waals surface area contributed by atoms with Gasteiger partial charge in [0.15, 0.2) is 0 Å². The van der Waals surface area contributed by atoms with E-state index in [1.807, 2.05) is 24.3 Å². The maximum atomic E-state index is 13.5. The minimum atomic E-state index is -0.536. The molecular weight excluding hydrogens is 273 g/mol. The third-order valence-electron chi connectivity index (χ3n) is 3.12. The summed E-state index contributed by atoms with van der Waals surface area (Å²) in [5.74, 6) is 5.37. The Bertz CT molecular complexity index is 768. The summed E-state index contributed by atoms with van der Waals surface area (Å²) in [5.41, 5.74) is 2.61. The van der Waals surface area contributed by atoms with Crippen LogP contribution in [-0.2, 0) is 0 Å². The van der Waals surface area contributed by atoms with E-state index in [2.05, 4.69) is 30.9 Å². The minimum absolute atomic E-state index is 0.0359. The summed E-state index contributed by atoms with van der Waals surface area (Å²) < 4.78 is 13.5. The Hall–Kier alpha value is -2.84. The molecule has 0 N–H and O–H groups in total. The van der Waals surface area contributed by atoms with Crippen molar-refractivity contribution in [1.29, 1.82) is 5.26 Å². The summed E-state index contributed by atoms with van der Waals surface area (Å²) in [6.07, 6.45) is 6.46. The maximum Gasteiger partial charge on any atom is 0.142 e. The third-order valence-corrected chi connectivity index (χ3v) is 3.12. The highest BCUT2D eigenvalue weighted by Gasteiger charge is 2.00. The van der Waals surface area contributed by atoms with Gasteiger partial charge in [-0.1, -0.05) is 49.5 Å². The Kier molecular flexibility index (Phi) is 5.52. The summed E-state index contributed by atoms with van der Waals surface area (Å²) in [6, 6.07) is 14.1.